The number of hydrazone groups is 1. The molecule has 0 atom stereocenters. The lowest BCUT2D eigenvalue weighted by molar-refractivity contribution is -0.519. The summed E-state index contributed by atoms with van der Waals surface area (Å²) < 4.78 is 14.7. The van der Waals surface area contributed by atoms with Crippen LogP contribution in [0.5, 0.6) is 0 Å². The third-order valence-corrected chi connectivity index (χ3v) is 2.40. The highest BCUT2D eigenvalue weighted by Crippen LogP contribution is 2.16. The third-order valence-electron chi connectivity index (χ3n) is 2.07. The van der Waals surface area contributed by atoms with Gasteiger partial charge in [-0.3, -0.25) is 0 Å². The molecule has 1 aromatic rings. The molecule has 1 aliphatic rings. The first-order valence-corrected chi connectivity index (χ1v) is 4.84. The van der Waals surface area contributed by atoms with E-state index in [1.807, 2.05) is 0 Å². The normalized spacial score (nSPS) is 18.3. The predicted octanol–water partition coefficient (Wildman–Crippen LogP) is 0.988. The fourth-order valence-corrected chi connectivity index (χ4v) is 1.54. The molecule has 3 nitrogen and oxygen atoms in total. The standard InChI is InChI=1S/C10H8ClFN2O/c11-8-2-1-3-9(12)7(8)6-14-5-4-10(15)13-14/h1-3,6H,4-5H2. The van der Waals surface area contributed by atoms with Gasteiger partial charge in [0.05, 0.1) is 10.6 Å². The molecule has 5 heteroatoms. The average Bonchev–Trinajstić information content (AvgIpc) is 2.58. The van der Waals surface area contributed by atoms with Crippen LogP contribution in [0.1, 0.15) is 12.0 Å². The van der Waals surface area contributed by atoms with E-state index in [-0.39, 0.29) is 11.5 Å². The van der Waals surface area contributed by atoms with Gasteiger partial charge in [0.25, 0.3) is 0 Å². The van der Waals surface area contributed by atoms with Gasteiger partial charge in [0.1, 0.15) is 5.82 Å². The molecule has 1 aromatic carbocycles. The molecule has 0 unspecified atom stereocenters. The van der Waals surface area contributed by atoms with Gasteiger partial charge < -0.3 is 5.11 Å². The van der Waals surface area contributed by atoms with Crippen LogP contribution < -0.4 is 5.11 Å². The van der Waals surface area contributed by atoms with Gasteiger partial charge in [-0.25, -0.2) is 4.39 Å². The number of hydrogen-bond donors (Lipinski definition) is 0. The fourth-order valence-electron chi connectivity index (χ4n) is 1.33. The molecule has 15 heavy (non-hydrogen) atoms. The highest BCUT2D eigenvalue weighted by Gasteiger charge is 2.14. The topological polar surface area (TPSA) is 38.4 Å². The van der Waals surface area contributed by atoms with Crippen molar-refractivity contribution in [1.29, 1.82) is 0 Å². The maximum atomic E-state index is 13.3. The molecular weight excluding hydrogens is 219 g/mol. The Kier molecular flexibility index (Phi) is 2.68. The van der Waals surface area contributed by atoms with Crippen LogP contribution in [0.4, 0.5) is 4.39 Å². The molecule has 0 spiro atoms. The fraction of sp³-hybridized carbons (Fsp3) is 0.200. The van der Waals surface area contributed by atoms with Gasteiger partial charge in [-0.15, -0.1) is 0 Å². The van der Waals surface area contributed by atoms with E-state index in [2.05, 4.69) is 5.10 Å². The number of nitrogens with zero attached hydrogens (tertiary/aromatic N) is 2. The molecule has 78 valence electrons. The van der Waals surface area contributed by atoms with Crippen LogP contribution in [0.3, 0.4) is 0 Å². The summed E-state index contributed by atoms with van der Waals surface area (Å²) in [6.07, 6.45) is 1.81. The van der Waals surface area contributed by atoms with Crippen molar-refractivity contribution in [1.82, 2.24) is 0 Å². The quantitative estimate of drug-likeness (QED) is 0.658. The molecule has 0 bridgehead atoms. The van der Waals surface area contributed by atoms with E-state index < -0.39 is 5.82 Å². The summed E-state index contributed by atoms with van der Waals surface area (Å²) in [6, 6.07) is 4.44. The van der Waals surface area contributed by atoms with Gasteiger partial charge in [0, 0.05) is 12.3 Å². The van der Waals surface area contributed by atoms with Crippen LogP contribution in [0, 0.1) is 5.82 Å². The van der Waals surface area contributed by atoms with Crippen molar-refractivity contribution in [2.24, 2.45) is 5.10 Å². The molecule has 0 aliphatic carbocycles. The second kappa shape index (κ2) is 3.98. The molecule has 0 aromatic heterocycles. The summed E-state index contributed by atoms with van der Waals surface area (Å²) in [5, 5.41) is 14.8. The van der Waals surface area contributed by atoms with E-state index in [1.54, 1.807) is 6.07 Å². The molecular formula is C10H8ClFN2O. The third kappa shape index (κ3) is 2.15. The largest absolute Gasteiger partial charge is 0.857 e. The minimum absolute atomic E-state index is 0.196. The first kappa shape index (κ1) is 10.1. The maximum absolute atomic E-state index is 13.3. The summed E-state index contributed by atoms with van der Waals surface area (Å²) >= 11 is 5.82. The molecule has 0 saturated heterocycles. The Labute approximate surface area is 91.1 Å². The zero-order valence-corrected chi connectivity index (χ0v) is 8.54. The summed E-state index contributed by atoms with van der Waals surface area (Å²) in [4.78, 5) is 0. The number of benzene rings is 1. The Bertz CT molecular complexity index is 436. The predicted molar refractivity (Wildman–Crippen MR) is 53.8 cm³/mol. The van der Waals surface area contributed by atoms with Crippen LogP contribution in [0.2, 0.25) is 5.02 Å². The first-order chi connectivity index (χ1) is 7.16. The Morgan fingerprint density at radius 2 is 2.33 bits per heavy atom. The highest BCUT2D eigenvalue weighted by atomic mass is 35.5. The lowest BCUT2D eigenvalue weighted by atomic mass is 10.2. The van der Waals surface area contributed by atoms with Gasteiger partial charge in [-0.1, -0.05) is 22.4 Å². The van der Waals surface area contributed by atoms with E-state index in [1.165, 1.54) is 23.0 Å². The van der Waals surface area contributed by atoms with E-state index in [9.17, 15) is 9.50 Å². The molecule has 0 N–H and O–H groups in total. The number of halogens is 2. The van der Waals surface area contributed by atoms with Crippen molar-refractivity contribution in [3.05, 3.63) is 34.6 Å². The second-order valence-electron chi connectivity index (χ2n) is 3.17. The molecule has 0 fully saturated rings. The Hall–Kier alpha value is -1.42. The van der Waals surface area contributed by atoms with E-state index in [4.69, 9.17) is 11.6 Å². The molecule has 2 rings (SSSR count). The van der Waals surface area contributed by atoms with Crippen LogP contribution in [-0.4, -0.2) is 23.3 Å². The van der Waals surface area contributed by atoms with E-state index >= 15 is 0 Å². The van der Waals surface area contributed by atoms with Crippen LogP contribution in [0.15, 0.2) is 23.3 Å². The van der Waals surface area contributed by atoms with Gasteiger partial charge in [-0.05, 0) is 17.2 Å². The van der Waals surface area contributed by atoms with Crippen molar-refractivity contribution in [2.75, 3.05) is 6.54 Å². The zero-order chi connectivity index (χ0) is 10.8. The average molecular weight is 227 g/mol. The minimum Gasteiger partial charge on any atom is -0.857 e. The van der Waals surface area contributed by atoms with Gasteiger partial charge in [-0.2, -0.15) is 0 Å². The molecule has 1 aliphatic heterocycles. The van der Waals surface area contributed by atoms with E-state index in [0.29, 0.717) is 18.0 Å². The van der Waals surface area contributed by atoms with Crippen LogP contribution in [-0.2, 0) is 0 Å². The Balaban J connectivity index is 2.39. The van der Waals surface area contributed by atoms with Crippen molar-refractivity contribution in [3.63, 3.8) is 0 Å². The van der Waals surface area contributed by atoms with Gasteiger partial charge in [0.15, 0.2) is 6.54 Å². The highest BCUT2D eigenvalue weighted by molar-refractivity contribution is 6.32. The van der Waals surface area contributed by atoms with Crippen LogP contribution in [0.25, 0.3) is 0 Å². The van der Waals surface area contributed by atoms with Gasteiger partial charge in [0.2, 0.25) is 6.21 Å². The molecule has 0 amide bonds. The monoisotopic (exact) mass is 226 g/mol. The summed E-state index contributed by atoms with van der Waals surface area (Å²) in [7, 11) is 0. The lowest BCUT2D eigenvalue weighted by Crippen LogP contribution is -2.13. The first-order valence-electron chi connectivity index (χ1n) is 4.47. The Morgan fingerprint density at radius 3 is 2.93 bits per heavy atom. The van der Waals surface area contributed by atoms with E-state index in [0.717, 1.165) is 0 Å². The summed E-state index contributed by atoms with van der Waals surface area (Å²) in [5.74, 6) is -0.615. The SMILES string of the molecule is [O-]C1=N[N+](=Cc2c(F)cccc2Cl)CC1. The number of rotatable bonds is 1. The van der Waals surface area contributed by atoms with Crippen molar-refractivity contribution < 1.29 is 14.2 Å². The molecule has 0 radical (unpaired) electrons. The molecule has 1 heterocycles. The second-order valence-corrected chi connectivity index (χ2v) is 3.58. The Morgan fingerprint density at radius 1 is 1.53 bits per heavy atom. The number of hydrogen-bond acceptors (Lipinski definition) is 2. The van der Waals surface area contributed by atoms with Gasteiger partial charge >= 0.3 is 0 Å². The van der Waals surface area contributed by atoms with Crippen molar-refractivity contribution in [3.8, 4) is 0 Å². The summed E-state index contributed by atoms with van der Waals surface area (Å²) in [6.45, 7) is 0.476. The van der Waals surface area contributed by atoms with Crippen molar-refractivity contribution in [2.45, 2.75) is 6.42 Å². The molecule has 0 saturated carbocycles. The van der Waals surface area contributed by atoms with Crippen LogP contribution >= 0.6 is 11.6 Å². The smallest absolute Gasteiger partial charge is 0.207 e. The zero-order valence-electron chi connectivity index (χ0n) is 7.78. The lowest BCUT2D eigenvalue weighted by Gasteiger charge is -1.96. The minimum atomic E-state index is -0.419. The van der Waals surface area contributed by atoms with Crippen molar-refractivity contribution >= 4 is 23.7 Å². The summed E-state index contributed by atoms with van der Waals surface area (Å²) in [5.41, 5.74) is 0.262. The maximum Gasteiger partial charge on any atom is 0.207 e.